The van der Waals surface area contributed by atoms with Crippen molar-refractivity contribution in [1.82, 2.24) is 25.1 Å². The van der Waals surface area contributed by atoms with Gasteiger partial charge in [0.15, 0.2) is 5.82 Å². The highest BCUT2D eigenvalue weighted by Crippen LogP contribution is 2.18. The van der Waals surface area contributed by atoms with E-state index in [2.05, 4.69) is 25.1 Å². The topological polar surface area (TPSA) is 70.2 Å². The van der Waals surface area contributed by atoms with Gasteiger partial charge in [-0.25, -0.2) is 4.98 Å². The van der Waals surface area contributed by atoms with E-state index in [1.54, 1.807) is 18.6 Å². The van der Waals surface area contributed by atoms with Crippen LogP contribution in [0.15, 0.2) is 42.9 Å². The Hall–Kier alpha value is -2.43. The molecule has 0 spiro atoms. The maximum Gasteiger partial charge on any atom is 0.156 e. The summed E-state index contributed by atoms with van der Waals surface area (Å²) in [5, 5.41) is 6.77. The molecule has 3 rings (SSSR count). The molecule has 0 amide bonds. The minimum atomic E-state index is 0.755. The Balaban J connectivity index is 2.00. The van der Waals surface area contributed by atoms with Crippen LogP contribution in [0.5, 0.6) is 0 Å². The van der Waals surface area contributed by atoms with Crippen LogP contribution in [0.25, 0.3) is 22.9 Å². The smallest absolute Gasteiger partial charge is 0.156 e. The highest BCUT2D eigenvalue weighted by atomic mass is 15.1. The molecular weight excluding hydrogens is 202 g/mol. The molecule has 16 heavy (non-hydrogen) atoms. The van der Waals surface area contributed by atoms with Gasteiger partial charge in [-0.1, -0.05) is 6.07 Å². The summed E-state index contributed by atoms with van der Waals surface area (Å²) in [6, 6.07) is 7.61. The third-order valence-corrected chi connectivity index (χ3v) is 2.27. The van der Waals surface area contributed by atoms with Gasteiger partial charge in [0, 0.05) is 12.4 Å². The first-order chi connectivity index (χ1) is 7.93. The number of imidazole rings is 1. The second-order valence-corrected chi connectivity index (χ2v) is 3.33. The van der Waals surface area contributed by atoms with E-state index in [0.29, 0.717) is 0 Å². The summed E-state index contributed by atoms with van der Waals surface area (Å²) >= 11 is 0. The number of H-pyrrole nitrogens is 2. The average Bonchev–Trinajstić information content (AvgIpc) is 3.01. The van der Waals surface area contributed by atoms with Crippen molar-refractivity contribution in [2.45, 2.75) is 0 Å². The van der Waals surface area contributed by atoms with Crippen molar-refractivity contribution in [3.8, 4) is 22.9 Å². The van der Waals surface area contributed by atoms with E-state index in [0.717, 1.165) is 22.9 Å². The zero-order valence-electron chi connectivity index (χ0n) is 8.38. The Morgan fingerprint density at radius 3 is 2.69 bits per heavy atom. The molecule has 0 aliphatic heterocycles. The first kappa shape index (κ1) is 8.84. The van der Waals surface area contributed by atoms with Crippen molar-refractivity contribution in [1.29, 1.82) is 0 Å². The predicted molar refractivity (Wildman–Crippen MR) is 59.4 cm³/mol. The summed E-state index contributed by atoms with van der Waals surface area (Å²) in [5.41, 5.74) is 2.64. The monoisotopic (exact) mass is 211 g/mol. The lowest BCUT2D eigenvalue weighted by Gasteiger charge is -1.93. The van der Waals surface area contributed by atoms with Gasteiger partial charge in [-0.2, -0.15) is 5.10 Å². The number of nitrogens with zero attached hydrogens (tertiary/aromatic N) is 3. The Morgan fingerprint density at radius 2 is 1.94 bits per heavy atom. The van der Waals surface area contributed by atoms with Crippen molar-refractivity contribution < 1.29 is 0 Å². The number of aromatic amines is 2. The molecule has 0 unspecified atom stereocenters. The molecule has 0 saturated heterocycles. The van der Waals surface area contributed by atoms with Crippen LogP contribution >= 0.6 is 0 Å². The number of rotatable bonds is 2. The maximum absolute atomic E-state index is 4.28. The molecule has 0 radical (unpaired) electrons. The van der Waals surface area contributed by atoms with E-state index in [4.69, 9.17) is 0 Å². The van der Waals surface area contributed by atoms with Crippen LogP contribution in [-0.2, 0) is 0 Å². The first-order valence-electron chi connectivity index (χ1n) is 4.89. The highest BCUT2D eigenvalue weighted by molar-refractivity contribution is 5.58. The van der Waals surface area contributed by atoms with E-state index in [1.165, 1.54) is 0 Å². The van der Waals surface area contributed by atoms with Crippen LogP contribution in [0.4, 0.5) is 0 Å². The van der Waals surface area contributed by atoms with Crippen LogP contribution in [0, 0.1) is 0 Å². The maximum atomic E-state index is 4.28. The van der Waals surface area contributed by atoms with Crippen molar-refractivity contribution in [3.63, 3.8) is 0 Å². The molecule has 5 nitrogen and oxygen atoms in total. The number of nitrogens with one attached hydrogen (secondary N) is 2. The fourth-order valence-electron chi connectivity index (χ4n) is 1.50. The number of pyridine rings is 1. The van der Waals surface area contributed by atoms with Crippen LogP contribution in [0.2, 0.25) is 0 Å². The van der Waals surface area contributed by atoms with Gasteiger partial charge in [0.05, 0.1) is 17.6 Å². The number of aromatic nitrogens is 5. The molecule has 3 heterocycles. The molecule has 3 aromatic heterocycles. The van der Waals surface area contributed by atoms with Gasteiger partial charge in [-0.05, 0) is 18.2 Å². The zero-order valence-corrected chi connectivity index (χ0v) is 8.38. The standard InChI is InChI=1S/C11H9N5/c1-2-5-12-9(3-1)11-13-7-10(15-11)8-4-6-14-16-8/h1-7H,(H,13,15)(H,14,16). The normalized spacial score (nSPS) is 10.5. The van der Waals surface area contributed by atoms with E-state index in [-0.39, 0.29) is 0 Å². The van der Waals surface area contributed by atoms with Gasteiger partial charge in [0.25, 0.3) is 0 Å². The molecule has 0 fully saturated rings. The second kappa shape index (κ2) is 3.62. The van der Waals surface area contributed by atoms with Gasteiger partial charge < -0.3 is 4.98 Å². The second-order valence-electron chi connectivity index (χ2n) is 3.33. The first-order valence-corrected chi connectivity index (χ1v) is 4.89. The summed E-state index contributed by atoms with van der Waals surface area (Å²) in [6.07, 6.45) is 5.21. The van der Waals surface area contributed by atoms with Crippen molar-refractivity contribution >= 4 is 0 Å². The molecular formula is C11H9N5. The lowest BCUT2D eigenvalue weighted by molar-refractivity contribution is 1.09. The van der Waals surface area contributed by atoms with E-state index < -0.39 is 0 Å². The molecule has 78 valence electrons. The van der Waals surface area contributed by atoms with Crippen LogP contribution in [-0.4, -0.2) is 25.1 Å². The number of hydrogen-bond donors (Lipinski definition) is 2. The quantitative estimate of drug-likeness (QED) is 0.679. The molecule has 5 heteroatoms. The number of hydrogen-bond acceptors (Lipinski definition) is 3. The third-order valence-electron chi connectivity index (χ3n) is 2.27. The Morgan fingerprint density at radius 1 is 0.938 bits per heavy atom. The lowest BCUT2D eigenvalue weighted by Crippen LogP contribution is -1.84. The summed E-state index contributed by atoms with van der Waals surface area (Å²) in [5.74, 6) is 0.755. The zero-order chi connectivity index (χ0) is 10.8. The summed E-state index contributed by atoms with van der Waals surface area (Å²) in [4.78, 5) is 11.7. The highest BCUT2D eigenvalue weighted by Gasteiger charge is 2.06. The average molecular weight is 211 g/mol. The summed E-state index contributed by atoms with van der Waals surface area (Å²) < 4.78 is 0. The van der Waals surface area contributed by atoms with Crippen molar-refractivity contribution in [2.24, 2.45) is 0 Å². The minimum Gasteiger partial charge on any atom is -0.335 e. The molecule has 0 aromatic carbocycles. The molecule has 2 N–H and O–H groups in total. The van der Waals surface area contributed by atoms with Gasteiger partial charge in [-0.15, -0.1) is 0 Å². The van der Waals surface area contributed by atoms with Gasteiger partial charge in [0.1, 0.15) is 5.69 Å². The third kappa shape index (κ3) is 1.48. The van der Waals surface area contributed by atoms with Gasteiger partial charge in [0.2, 0.25) is 0 Å². The van der Waals surface area contributed by atoms with E-state index in [9.17, 15) is 0 Å². The minimum absolute atomic E-state index is 0.755. The van der Waals surface area contributed by atoms with Crippen molar-refractivity contribution in [3.05, 3.63) is 42.9 Å². The van der Waals surface area contributed by atoms with Crippen LogP contribution < -0.4 is 0 Å². The molecule has 0 aliphatic rings. The molecule has 0 bridgehead atoms. The predicted octanol–water partition coefficient (Wildman–Crippen LogP) is 1.86. The summed E-state index contributed by atoms with van der Waals surface area (Å²) in [7, 11) is 0. The van der Waals surface area contributed by atoms with E-state index >= 15 is 0 Å². The van der Waals surface area contributed by atoms with Gasteiger partial charge in [-0.3, -0.25) is 10.1 Å². The molecule has 0 atom stereocenters. The SMILES string of the molecule is c1ccc(-c2ncc(-c3ccn[nH]3)[nH]2)nc1. The fraction of sp³-hybridized carbons (Fsp3) is 0. The largest absolute Gasteiger partial charge is 0.335 e. The molecule has 3 aromatic rings. The molecule has 0 saturated carbocycles. The Labute approximate surface area is 91.6 Å². The van der Waals surface area contributed by atoms with Gasteiger partial charge >= 0.3 is 0 Å². The van der Waals surface area contributed by atoms with E-state index in [1.807, 2.05) is 24.3 Å². The van der Waals surface area contributed by atoms with Crippen LogP contribution in [0.1, 0.15) is 0 Å². The fourth-order valence-corrected chi connectivity index (χ4v) is 1.50. The molecule has 0 aliphatic carbocycles. The van der Waals surface area contributed by atoms with Crippen LogP contribution in [0.3, 0.4) is 0 Å². The lowest BCUT2D eigenvalue weighted by atomic mass is 10.3. The van der Waals surface area contributed by atoms with Crippen molar-refractivity contribution in [2.75, 3.05) is 0 Å². The Bertz CT molecular complexity index is 567. The Kier molecular flexibility index (Phi) is 2.00. The summed E-state index contributed by atoms with van der Waals surface area (Å²) in [6.45, 7) is 0.